The Morgan fingerprint density at radius 2 is 0.368 bits per heavy atom. The summed E-state index contributed by atoms with van der Waals surface area (Å²) in [5.74, 6) is 0. The lowest BCUT2D eigenvalue weighted by molar-refractivity contribution is 1.09. The Labute approximate surface area is 131 Å². The first-order valence-corrected chi connectivity index (χ1v) is 8.91. The summed E-state index contributed by atoms with van der Waals surface area (Å²) >= 11 is 0. The molecular formula is C19H54. The second kappa shape index (κ2) is 9080. The highest BCUT2D eigenvalue weighted by molar-refractivity contribution is 4.22. The molecule has 0 amide bonds. The van der Waals surface area contributed by atoms with Crippen molar-refractivity contribution in [2.75, 3.05) is 0 Å². The summed E-state index contributed by atoms with van der Waals surface area (Å²) in [6.07, 6.45) is 1.25. The van der Waals surface area contributed by atoms with E-state index in [1.807, 2.05) is 96.9 Å². The predicted molar refractivity (Wildman–Crippen MR) is 107 cm³/mol. The van der Waals surface area contributed by atoms with Crippen molar-refractivity contribution in [3.05, 3.63) is 13.2 Å². The van der Waals surface area contributed by atoms with E-state index in [-0.39, 0.29) is 0 Å². The topological polar surface area (TPSA) is 0 Å². The van der Waals surface area contributed by atoms with Gasteiger partial charge in [0.05, 0.1) is 0 Å². The smallest absolute Gasteiger partial charge is 0.0590 e. The minimum Gasteiger partial charge on any atom is -0.106 e. The molecule has 0 unspecified atom stereocenters. The lowest BCUT2D eigenvalue weighted by Crippen LogP contribution is -1.27. The molecule has 0 aliphatic heterocycles. The van der Waals surface area contributed by atoms with Crippen molar-refractivity contribution in [1.29, 1.82) is 0 Å². The molecule has 0 aromatic carbocycles. The van der Waals surface area contributed by atoms with E-state index < -0.39 is 0 Å². The molecule has 0 saturated carbocycles. The summed E-state index contributed by atoms with van der Waals surface area (Å²) in [6.45, 7) is 38.2. The summed E-state index contributed by atoms with van der Waals surface area (Å²) < 4.78 is 0. The Hall–Kier alpha value is -0.260. The van der Waals surface area contributed by atoms with Crippen LogP contribution in [0, 0.1) is 0 Å². The molecule has 0 rings (SSSR count). The Morgan fingerprint density at radius 3 is 0.368 bits per heavy atom. The van der Waals surface area contributed by atoms with Crippen LogP contribution in [0.2, 0.25) is 0 Å². The number of rotatable bonds is 0. The largest absolute Gasteiger partial charge is 0.106 e. The van der Waals surface area contributed by atoms with Crippen molar-refractivity contribution in [1.82, 2.24) is 0 Å². The highest BCUT2D eigenvalue weighted by atomic mass is 13.4. The molecule has 0 heteroatoms. The summed E-state index contributed by atoms with van der Waals surface area (Å²) in [5, 5.41) is 0. The van der Waals surface area contributed by atoms with Crippen molar-refractivity contribution in [3.63, 3.8) is 0 Å². The Morgan fingerprint density at radius 1 is 0.368 bits per heavy atom. The normalized spacial score (nSPS) is 3.37. The van der Waals surface area contributed by atoms with E-state index >= 15 is 0 Å². The van der Waals surface area contributed by atoms with Gasteiger partial charge in [-0.2, -0.15) is 0 Å². The van der Waals surface area contributed by atoms with Crippen molar-refractivity contribution >= 4 is 0 Å². The van der Waals surface area contributed by atoms with E-state index in [4.69, 9.17) is 0 Å². The maximum Gasteiger partial charge on any atom is -0.0590 e. The maximum atomic E-state index is 3.00. The molecule has 0 aromatic heterocycles. The fourth-order valence-electron chi connectivity index (χ4n) is 0. The van der Waals surface area contributed by atoms with Crippen LogP contribution in [-0.2, 0) is 0 Å². The second-order valence-corrected chi connectivity index (χ2v) is 0.707. The van der Waals surface area contributed by atoms with Gasteiger partial charge in [-0.3, -0.25) is 0 Å². The van der Waals surface area contributed by atoms with Crippen LogP contribution in [0.1, 0.15) is 117 Å². The third kappa shape index (κ3) is 65000. The Balaban J connectivity index is -0.00000000851. The molecule has 0 heterocycles. The molecule has 19 heavy (non-hydrogen) atoms. The minimum absolute atomic E-state index is 1.25. The van der Waals surface area contributed by atoms with Gasteiger partial charge in [0.2, 0.25) is 0 Å². The van der Waals surface area contributed by atoms with Gasteiger partial charge >= 0.3 is 0 Å². The second-order valence-electron chi connectivity index (χ2n) is 0.707. The molecule has 0 spiro atoms. The molecule has 0 N–H and O–H groups in total. The van der Waals surface area contributed by atoms with Crippen LogP contribution in [0.15, 0.2) is 13.2 Å². The number of hydrogen-bond acceptors (Lipinski definition) is 0. The summed E-state index contributed by atoms with van der Waals surface area (Å²) in [4.78, 5) is 0. The van der Waals surface area contributed by atoms with Crippen LogP contribution in [0.5, 0.6) is 0 Å². The van der Waals surface area contributed by atoms with Gasteiger partial charge < -0.3 is 0 Å². The van der Waals surface area contributed by atoms with Gasteiger partial charge in [-0.15, -0.1) is 13.2 Å². The molecule has 130 valence electrons. The van der Waals surface area contributed by atoms with E-state index in [1.54, 1.807) is 0 Å². The molecule has 0 bridgehead atoms. The van der Waals surface area contributed by atoms with Crippen molar-refractivity contribution in [3.8, 4) is 0 Å². The van der Waals surface area contributed by atoms with Gasteiger partial charge in [0.25, 0.3) is 0 Å². The third-order valence-electron chi connectivity index (χ3n) is 0. The summed E-state index contributed by atoms with van der Waals surface area (Å²) in [6, 6.07) is 0. The number of hydrogen-bond donors (Lipinski definition) is 0. The molecule has 0 nitrogen and oxygen atoms in total. The van der Waals surface area contributed by atoms with Gasteiger partial charge in [0, 0.05) is 0 Å². The lowest BCUT2D eigenvalue weighted by atomic mass is 10.6. The third-order valence-corrected chi connectivity index (χ3v) is 0. The summed E-state index contributed by atoms with van der Waals surface area (Å²) in [5.41, 5.74) is 0. The first kappa shape index (κ1) is 62.2. The molecule has 0 aromatic rings. The van der Waals surface area contributed by atoms with Gasteiger partial charge in [-0.25, -0.2) is 0 Å². The van der Waals surface area contributed by atoms with Crippen molar-refractivity contribution in [2.24, 2.45) is 0 Å². The molecular weight excluding hydrogens is 228 g/mol. The highest BCUT2D eigenvalue weighted by Gasteiger charge is 1.35. The zero-order chi connectivity index (χ0) is 18.7. The quantitative estimate of drug-likeness (QED) is 0.388. The fourth-order valence-corrected chi connectivity index (χ4v) is 0. The van der Waals surface area contributed by atoms with Crippen LogP contribution in [0.3, 0.4) is 0 Å². The molecule has 0 fully saturated rings. The fraction of sp³-hybridized carbons (Fsp3) is 0.895. The zero-order valence-electron chi connectivity index (χ0n) is 18.1. The van der Waals surface area contributed by atoms with Gasteiger partial charge in [0.15, 0.2) is 0 Å². The van der Waals surface area contributed by atoms with E-state index in [9.17, 15) is 0 Å². The van der Waals surface area contributed by atoms with Gasteiger partial charge in [-0.05, 0) is 0 Å². The Bertz CT molecular complexity index is 4.00. The highest BCUT2D eigenvalue weighted by Crippen LogP contribution is 1.56. The van der Waals surface area contributed by atoms with E-state index in [2.05, 4.69) is 27.0 Å². The Kier molecular flexibility index (Phi) is 29700. The van der Waals surface area contributed by atoms with Crippen LogP contribution in [-0.4, -0.2) is 0 Å². The van der Waals surface area contributed by atoms with Crippen LogP contribution >= 0.6 is 0 Å². The first-order chi connectivity index (χ1) is 9.41. The van der Waals surface area contributed by atoms with Crippen LogP contribution in [0.25, 0.3) is 0 Å². The monoisotopic (exact) mass is 282 g/mol. The van der Waals surface area contributed by atoms with E-state index in [0.717, 1.165) is 0 Å². The zero-order valence-corrected chi connectivity index (χ0v) is 18.1. The molecule has 0 saturated heterocycles. The minimum atomic E-state index is 1.25. The van der Waals surface area contributed by atoms with Crippen molar-refractivity contribution < 1.29 is 0 Å². The standard InChI is InChI=1S/C3H8.7C2H6.C2H4/c1-3-2;8*1-2/h3H2,1-2H3;7*1-2H3;1-2H2. The van der Waals surface area contributed by atoms with Gasteiger partial charge in [-0.1, -0.05) is 117 Å². The molecule has 0 radical (unpaired) electrons. The van der Waals surface area contributed by atoms with E-state index in [0.29, 0.717) is 0 Å². The SMILES string of the molecule is C=C.CC.CC.CC.CC.CC.CC.CC.CCC. The van der Waals surface area contributed by atoms with E-state index in [1.165, 1.54) is 6.42 Å². The lowest BCUT2D eigenvalue weighted by Gasteiger charge is -1.48. The van der Waals surface area contributed by atoms with Crippen LogP contribution < -0.4 is 0 Å². The van der Waals surface area contributed by atoms with Gasteiger partial charge in [0.1, 0.15) is 0 Å². The average molecular weight is 283 g/mol. The molecule has 0 aliphatic carbocycles. The molecule has 0 aliphatic rings. The van der Waals surface area contributed by atoms with Crippen LogP contribution in [0.4, 0.5) is 0 Å². The van der Waals surface area contributed by atoms with Crippen molar-refractivity contribution in [2.45, 2.75) is 117 Å². The molecule has 0 atom stereocenters. The summed E-state index contributed by atoms with van der Waals surface area (Å²) in [7, 11) is 0. The average Bonchev–Trinajstić information content (AvgIpc) is 2.62. The maximum absolute atomic E-state index is 3.00. The predicted octanol–water partition coefficient (Wildman–Crippen LogP) is 9.40. The first-order valence-electron chi connectivity index (χ1n) is 8.91.